The zero-order valence-corrected chi connectivity index (χ0v) is 7.78. The van der Waals surface area contributed by atoms with E-state index in [0.29, 0.717) is 17.9 Å². The van der Waals surface area contributed by atoms with Crippen LogP contribution in [0.25, 0.3) is 0 Å². The molecule has 0 bridgehead atoms. The maximum Gasteiger partial charge on any atom is 0.165 e. The van der Waals surface area contributed by atoms with E-state index >= 15 is 0 Å². The third-order valence-electron chi connectivity index (χ3n) is 3.25. The van der Waals surface area contributed by atoms with Gasteiger partial charge in [-0.1, -0.05) is 26.8 Å². The fraction of sp³-hybridized carbons (Fsp3) is 0.800. The molecule has 1 aliphatic rings. The van der Waals surface area contributed by atoms with E-state index in [1.165, 1.54) is 12.0 Å². The Kier molecular flexibility index (Phi) is 2.38. The molecule has 1 aliphatic carbocycles. The zero-order valence-electron chi connectivity index (χ0n) is 7.78. The molecule has 0 amide bonds. The van der Waals surface area contributed by atoms with E-state index in [1.54, 1.807) is 0 Å². The highest BCUT2D eigenvalue weighted by atomic mass is 16.3. The van der Waals surface area contributed by atoms with Gasteiger partial charge in [0.1, 0.15) is 0 Å². The topological polar surface area (TPSA) is 22.9 Å². The van der Waals surface area contributed by atoms with Gasteiger partial charge in [-0.25, -0.2) is 0 Å². The first kappa shape index (κ1) is 8.79. The highest BCUT2D eigenvalue weighted by Crippen LogP contribution is 2.43. The Morgan fingerprint density at radius 3 is 2.64 bits per heavy atom. The molecule has 1 heteroatoms. The van der Waals surface area contributed by atoms with Gasteiger partial charge in [-0.3, -0.25) is 0 Å². The second-order valence-corrected chi connectivity index (χ2v) is 3.97. The molecule has 0 saturated heterocycles. The first-order chi connectivity index (χ1) is 5.12. The van der Waals surface area contributed by atoms with Crippen molar-refractivity contribution in [2.24, 2.45) is 11.3 Å². The van der Waals surface area contributed by atoms with Crippen molar-refractivity contribution in [1.29, 1.82) is 0 Å². The summed E-state index contributed by atoms with van der Waals surface area (Å²) in [6.45, 7) is 7.35. The molecule has 0 aromatic heterocycles. The summed E-state index contributed by atoms with van der Waals surface area (Å²) in [7, 11) is 0. The molecule has 0 heterocycles. The predicted octanol–water partition coefficient (Wildman–Crippen LogP) is 2.09. The van der Waals surface area contributed by atoms with Crippen molar-refractivity contribution in [3.8, 4) is 0 Å². The molecule has 2 N–H and O–H groups in total. The van der Waals surface area contributed by atoms with Crippen LogP contribution in [0.3, 0.4) is 0 Å². The monoisotopic (exact) mass is 155 g/mol. The Balaban J connectivity index is 2.68. The molecule has 0 radical (unpaired) electrons. The Labute approximate surface area is 69.1 Å². The lowest BCUT2D eigenvalue weighted by Crippen LogP contribution is -2.18. The molecule has 2 unspecified atom stereocenters. The number of hydrogen-bond donors (Lipinski definition) is 0. The van der Waals surface area contributed by atoms with Crippen LogP contribution in [0, 0.1) is 11.3 Å². The minimum Gasteiger partial charge on any atom is -0.442 e. The summed E-state index contributed by atoms with van der Waals surface area (Å²) in [6.07, 6.45) is 4.67. The maximum atomic E-state index is 7.27. The van der Waals surface area contributed by atoms with Gasteiger partial charge in [0, 0.05) is 5.57 Å². The van der Waals surface area contributed by atoms with Crippen molar-refractivity contribution >= 4 is 0 Å². The van der Waals surface area contributed by atoms with Gasteiger partial charge in [-0.15, -0.1) is 0 Å². The van der Waals surface area contributed by atoms with E-state index in [4.69, 9.17) is 5.11 Å². The molecule has 64 valence electrons. The highest BCUT2D eigenvalue weighted by molar-refractivity contribution is 5.17. The first-order valence-corrected chi connectivity index (χ1v) is 4.46. The van der Waals surface area contributed by atoms with Crippen LogP contribution in [0.2, 0.25) is 0 Å². The van der Waals surface area contributed by atoms with E-state index in [9.17, 15) is 0 Å². The molecule has 1 nitrogen and oxygen atoms in total. The normalized spacial score (nSPS) is 37.5. The van der Waals surface area contributed by atoms with E-state index in [-0.39, 0.29) is 0 Å². The van der Waals surface area contributed by atoms with Gasteiger partial charge in [0.2, 0.25) is 0 Å². The van der Waals surface area contributed by atoms with Crippen LogP contribution in [-0.4, -0.2) is 11.7 Å². The van der Waals surface area contributed by atoms with Gasteiger partial charge >= 0.3 is 0 Å². The van der Waals surface area contributed by atoms with Crippen molar-refractivity contribution in [2.45, 2.75) is 33.6 Å². The molecule has 0 saturated carbocycles. The molecule has 0 aromatic rings. The summed E-state index contributed by atoms with van der Waals surface area (Å²) in [6, 6.07) is 0. The summed E-state index contributed by atoms with van der Waals surface area (Å²) in [4.78, 5) is 0. The van der Waals surface area contributed by atoms with Crippen molar-refractivity contribution < 1.29 is 5.11 Å². The second-order valence-electron chi connectivity index (χ2n) is 3.97. The van der Waals surface area contributed by atoms with Crippen LogP contribution in [-0.2, 0) is 0 Å². The quantitative estimate of drug-likeness (QED) is 0.430. The smallest absolute Gasteiger partial charge is 0.165 e. The van der Waals surface area contributed by atoms with Crippen LogP contribution in [0.1, 0.15) is 33.6 Å². The van der Waals surface area contributed by atoms with E-state index < -0.39 is 0 Å². The van der Waals surface area contributed by atoms with Crippen LogP contribution in [0.5, 0.6) is 0 Å². The van der Waals surface area contributed by atoms with Gasteiger partial charge in [0.25, 0.3) is 0 Å². The lowest BCUT2D eigenvalue weighted by atomic mass is 9.77. The fourth-order valence-corrected chi connectivity index (χ4v) is 1.86. The third kappa shape index (κ3) is 1.48. The van der Waals surface area contributed by atoms with E-state index in [0.717, 1.165) is 6.42 Å². The van der Waals surface area contributed by atoms with E-state index in [1.807, 2.05) is 0 Å². The van der Waals surface area contributed by atoms with Crippen LogP contribution >= 0.6 is 0 Å². The molecule has 11 heavy (non-hydrogen) atoms. The Morgan fingerprint density at radius 1 is 1.73 bits per heavy atom. The highest BCUT2D eigenvalue weighted by Gasteiger charge is 2.34. The molecular weight excluding hydrogens is 136 g/mol. The third-order valence-corrected chi connectivity index (χ3v) is 3.25. The molecule has 2 atom stereocenters. The van der Waals surface area contributed by atoms with Crippen LogP contribution in [0.15, 0.2) is 11.6 Å². The molecule has 1 rings (SSSR count). The number of allylic oxidation sites excluding steroid dienone is 1. The molecule has 0 fully saturated rings. The van der Waals surface area contributed by atoms with Crippen molar-refractivity contribution in [3.63, 3.8) is 0 Å². The van der Waals surface area contributed by atoms with Crippen LogP contribution < -0.4 is 0 Å². The zero-order chi connectivity index (χ0) is 8.48. The first-order valence-electron chi connectivity index (χ1n) is 4.46. The van der Waals surface area contributed by atoms with Gasteiger partial charge in [-0.05, 0) is 24.2 Å². The molecule has 0 aromatic carbocycles. The fourth-order valence-electron chi connectivity index (χ4n) is 1.86. The van der Waals surface area contributed by atoms with Crippen molar-refractivity contribution in [1.82, 2.24) is 0 Å². The van der Waals surface area contributed by atoms with E-state index in [2.05, 4.69) is 26.8 Å². The van der Waals surface area contributed by atoms with Crippen molar-refractivity contribution in [2.75, 3.05) is 6.61 Å². The minimum absolute atomic E-state index is 0.455. The minimum atomic E-state index is 0.455. The van der Waals surface area contributed by atoms with Gasteiger partial charge in [-0.2, -0.15) is 0 Å². The standard InChI is InChI=1S/C10H18O/c1-4-10(3)6-9(7-11)5-8(10)2/h5,8,11H,4,6-7H2,1-3H3/p+1. The van der Waals surface area contributed by atoms with Gasteiger partial charge in [0.05, 0.1) is 0 Å². The SMILES string of the molecule is CCC1(C)CC(C[OH2+])=CC1C. The average Bonchev–Trinajstić information content (AvgIpc) is 2.29. The number of rotatable bonds is 2. The summed E-state index contributed by atoms with van der Waals surface area (Å²) >= 11 is 0. The number of hydrogen-bond acceptors (Lipinski definition) is 0. The lowest BCUT2D eigenvalue weighted by molar-refractivity contribution is 0.244. The summed E-state index contributed by atoms with van der Waals surface area (Å²) in [5.74, 6) is 0.674. The summed E-state index contributed by atoms with van der Waals surface area (Å²) in [5.41, 5.74) is 1.79. The largest absolute Gasteiger partial charge is 0.442 e. The molecule has 0 aliphatic heterocycles. The Bertz CT molecular complexity index is 172. The average molecular weight is 155 g/mol. The molecular formula is C10H19O+. The summed E-state index contributed by atoms with van der Waals surface area (Å²) in [5, 5.41) is 7.27. The Hall–Kier alpha value is -0.300. The predicted molar refractivity (Wildman–Crippen MR) is 48.7 cm³/mol. The molecule has 0 spiro atoms. The maximum absolute atomic E-state index is 7.27. The van der Waals surface area contributed by atoms with Gasteiger partial charge < -0.3 is 5.11 Å². The van der Waals surface area contributed by atoms with Crippen molar-refractivity contribution in [3.05, 3.63) is 11.6 Å². The second kappa shape index (κ2) is 2.98. The summed E-state index contributed by atoms with van der Waals surface area (Å²) < 4.78 is 0. The van der Waals surface area contributed by atoms with Gasteiger partial charge in [0.15, 0.2) is 6.61 Å². The van der Waals surface area contributed by atoms with Crippen LogP contribution in [0.4, 0.5) is 0 Å². The Morgan fingerprint density at radius 2 is 2.36 bits per heavy atom. The lowest BCUT2D eigenvalue weighted by Gasteiger charge is -2.27.